The van der Waals surface area contributed by atoms with Crippen molar-refractivity contribution in [1.29, 1.82) is 5.26 Å². The van der Waals surface area contributed by atoms with Crippen molar-refractivity contribution in [3.8, 4) is 22.5 Å². The highest BCUT2D eigenvalue weighted by Crippen LogP contribution is 2.28. The van der Waals surface area contributed by atoms with Gasteiger partial charge in [0.2, 0.25) is 4.96 Å². The first kappa shape index (κ1) is 20.5. The molecule has 0 aliphatic carbocycles. The van der Waals surface area contributed by atoms with Gasteiger partial charge in [-0.25, -0.2) is 9.50 Å². The Morgan fingerprint density at radius 1 is 1.22 bits per heavy atom. The van der Waals surface area contributed by atoms with Gasteiger partial charge >= 0.3 is 6.01 Å². The zero-order valence-electron chi connectivity index (χ0n) is 17.9. The highest BCUT2D eigenvalue weighted by atomic mass is 32.1. The zero-order chi connectivity index (χ0) is 22.1. The van der Waals surface area contributed by atoms with Crippen LogP contribution in [0.2, 0.25) is 0 Å². The van der Waals surface area contributed by atoms with Crippen LogP contribution in [0.4, 0.5) is 6.01 Å². The molecule has 1 aromatic carbocycles. The Kier molecular flexibility index (Phi) is 5.49. The molecule has 0 N–H and O–H groups in total. The van der Waals surface area contributed by atoms with E-state index in [1.54, 1.807) is 16.6 Å². The molecule has 0 bridgehead atoms. The highest BCUT2D eigenvalue weighted by molar-refractivity contribution is 7.18. The normalized spacial score (nSPS) is 14.9. The van der Waals surface area contributed by atoms with Gasteiger partial charge in [0, 0.05) is 24.6 Å². The second kappa shape index (κ2) is 8.59. The number of ether oxygens (including phenoxy) is 1. The largest absolute Gasteiger partial charge is 0.469 e. The van der Waals surface area contributed by atoms with Gasteiger partial charge in [0.25, 0.3) is 5.19 Å². The molecule has 0 amide bonds. The molecule has 32 heavy (non-hydrogen) atoms. The Hall–Kier alpha value is -3.45. The molecule has 1 saturated heterocycles. The van der Waals surface area contributed by atoms with Crippen LogP contribution in [0.3, 0.4) is 0 Å². The fourth-order valence-corrected chi connectivity index (χ4v) is 4.41. The summed E-state index contributed by atoms with van der Waals surface area (Å²) in [5.41, 5.74) is 2.42. The monoisotopic (exact) mass is 449 g/mol. The van der Waals surface area contributed by atoms with Gasteiger partial charge in [0.15, 0.2) is 5.82 Å². The molecule has 164 valence electrons. The first-order valence-electron chi connectivity index (χ1n) is 10.7. The lowest BCUT2D eigenvalue weighted by Gasteiger charge is -2.30. The lowest BCUT2D eigenvalue weighted by Crippen LogP contribution is -2.35. The number of nitriles is 1. The molecule has 0 radical (unpaired) electrons. The number of hydrogen-bond donors (Lipinski definition) is 0. The quantitative estimate of drug-likeness (QED) is 0.433. The second-order valence-electron chi connectivity index (χ2n) is 8.24. The molecule has 1 fully saturated rings. The topological polar surface area (TPSA) is 105 Å². The Bertz CT molecular complexity index is 1210. The predicted molar refractivity (Wildman–Crippen MR) is 120 cm³/mol. The average molecular weight is 450 g/mol. The fraction of sp³-hybridized carbons (Fsp3) is 0.409. The maximum Gasteiger partial charge on any atom is 0.324 e. The van der Waals surface area contributed by atoms with Crippen molar-refractivity contribution in [2.75, 3.05) is 24.6 Å². The van der Waals surface area contributed by atoms with Gasteiger partial charge in [-0.3, -0.25) is 0 Å². The first-order valence-corrected chi connectivity index (χ1v) is 11.5. The SMILES string of the molecule is CC(C)c1noc(N2CCC(COc3nn4cc(-c5ccc(C#N)cc5)nc4s3)CC2)n1. The zero-order valence-corrected chi connectivity index (χ0v) is 18.7. The molecule has 0 saturated carbocycles. The van der Waals surface area contributed by atoms with Crippen LogP contribution in [0.25, 0.3) is 16.2 Å². The van der Waals surface area contributed by atoms with Crippen molar-refractivity contribution in [3.05, 3.63) is 41.9 Å². The summed E-state index contributed by atoms with van der Waals surface area (Å²) in [6, 6.07) is 10.1. The van der Waals surface area contributed by atoms with Crippen LogP contribution < -0.4 is 9.64 Å². The number of fused-ring (bicyclic) bond motifs is 1. The van der Waals surface area contributed by atoms with E-state index < -0.39 is 0 Å². The van der Waals surface area contributed by atoms with E-state index in [1.165, 1.54) is 11.3 Å². The predicted octanol–water partition coefficient (Wildman–Crippen LogP) is 4.13. The Morgan fingerprint density at radius 2 is 2.00 bits per heavy atom. The number of hydrogen-bond acceptors (Lipinski definition) is 9. The highest BCUT2D eigenvalue weighted by Gasteiger charge is 2.24. The molecular weight excluding hydrogens is 426 g/mol. The van der Waals surface area contributed by atoms with Crippen LogP contribution in [-0.2, 0) is 0 Å². The van der Waals surface area contributed by atoms with Crippen LogP contribution in [0.15, 0.2) is 35.0 Å². The van der Waals surface area contributed by atoms with Gasteiger partial charge in [0.1, 0.15) is 0 Å². The van der Waals surface area contributed by atoms with Crippen molar-refractivity contribution in [3.63, 3.8) is 0 Å². The third-order valence-electron chi connectivity index (χ3n) is 5.61. The third-order valence-corrected chi connectivity index (χ3v) is 6.44. The fourth-order valence-electron chi connectivity index (χ4n) is 3.66. The summed E-state index contributed by atoms with van der Waals surface area (Å²) >= 11 is 1.43. The van der Waals surface area contributed by atoms with Gasteiger partial charge in [-0.05, 0) is 42.2 Å². The van der Waals surface area contributed by atoms with Crippen LogP contribution in [0.1, 0.15) is 44.0 Å². The average Bonchev–Trinajstić information content (AvgIpc) is 3.53. The lowest BCUT2D eigenvalue weighted by molar-refractivity contribution is 0.217. The van der Waals surface area contributed by atoms with Crippen molar-refractivity contribution in [2.24, 2.45) is 5.92 Å². The number of imidazole rings is 1. The molecule has 1 aliphatic heterocycles. The number of benzene rings is 1. The van der Waals surface area contributed by atoms with Gasteiger partial charge in [-0.1, -0.05) is 31.1 Å². The molecule has 1 aliphatic rings. The summed E-state index contributed by atoms with van der Waals surface area (Å²) in [7, 11) is 0. The van der Waals surface area contributed by atoms with E-state index in [4.69, 9.17) is 14.5 Å². The molecule has 4 heterocycles. The van der Waals surface area contributed by atoms with Crippen LogP contribution in [0, 0.1) is 17.2 Å². The standard InChI is InChI=1S/C22H23N7O2S/c1-14(2)19-25-20(31-27-19)28-9-7-16(8-10-28)13-30-22-26-29-12-18(24-21(29)32-22)17-5-3-15(11-23)4-6-17/h3-6,12,14,16H,7-10,13H2,1-2H3. The Balaban J connectivity index is 1.15. The lowest BCUT2D eigenvalue weighted by atomic mass is 9.98. The maximum absolute atomic E-state index is 8.94. The Morgan fingerprint density at radius 3 is 2.66 bits per heavy atom. The van der Waals surface area contributed by atoms with Crippen LogP contribution in [0.5, 0.6) is 5.19 Å². The number of anilines is 1. The van der Waals surface area contributed by atoms with Gasteiger partial charge in [-0.15, -0.1) is 5.10 Å². The van der Waals surface area contributed by atoms with Gasteiger partial charge in [-0.2, -0.15) is 10.2 Å². The number of rotatable bonds is 6. The van der Waals surface area contributed by atoms with E-state index in [0.717, 1.165) is 48.0 Å². The molecule has 0 spiro atoms. The van der Waals surface area contributed by atoms with E-state index in [1.807, 2.05) is 18.3 Å². The van der Waals surface area contributed by atoms with Crippen molar-refractivity contribution in [2.45, 2.75) is 32.6 Å². The maximum atomic E-state index is 8.94. The molecule has 0 atom stereocenters. The second-order valence-corrected chi connectivity index (χ2v) is 9.16. The van der Waals surface area contributed by atoms with Crippen molar-refractivity contribution >= 4 is 22.3 Å². The van der Waals surface area contributed by atoms with Crippen LogP contribution >= 0.6 is 11.3 Å². The third kappa shape index (κ3) is 4.16. The minimum atomic E-state index is 0.262. The number of aromatic nitrogens is 5. The van der Waals surface area contributed by atoms with Gasteiger partial charge in [0.05, 0.1) is 30.1 Å². The molecule has 10 heteroatoms. The van der Waals surface area contributed by atoms with E-state index in [0.29, 0.717) is 29.3 Å². The first-order chi connectivity index (χ1) is 15.6. The number of piperidine rings is 1. The Labute approximate surface area is 189 Å². The van der Waals surface area contributed by atoms with E-state index >= 15 is 0 Å². The van der Waals surface area contributed by atoms with E-state index in [-0.39, 0.29) is 5.92 Å². The number of nitrogens with zero attached hydrogens (tertiary/aromatic N) is 7. The molecule has 9 nitrogen and oxygen atoms in total. The molecule has 0 unspecified atom stereocenters. The van der Waals surface area contributed by atoms with Gasteiger partial charge < -0.3 is 14.2 Å². The molecule has 3 aromatic heterocycles. The summed E-state index contributed by atoms with van der Waals surface area (Å²) in [5, 5.41) is 18.1. The smallest absolute Gasteiger partial charge is 0.324 e. The molecule has 5 rings (SSSR count). The minimum absolute atomic E-state index is 0.262. The van der Waals surface area contributed by atoms with E-state index in [2.05, 4.69) is 45.0 Å². The minimum Gasteiger partial charge on any atom is -0.469 e. The van der Waals surface area contributed by atoms with Crippen molar-refractivity contribution < 1.29 is 9.26 Å². The summed E-state index contributed by atoms with van der Waals surface area (Å²) in [4.78, 5) is 12.1. The summed E-state index contributed by atoms with van der Waals surface area (Å²) in [6.45, 7) is 6.50. The van der Waals surface area contributed by atoms with E-state index in [9.17, 15) is 0 Å². The molecule has 4 aromatic rings. The summed E-state index contributed by atoms with van der Waals surface area (Å²) in [6.07, 6.45) is 3.89. The van der Waals surface area contributed by atoms with Crippen LogP contribution in [-0.4, -0.2) is 44.4 Å². The summed E-state index contributed by atoms with van der Waals surface area (Å²) in [5.74, 6) is 1.48. The summed E-state index contributed by atoms with van der Waals surface area (Å²) < 4.78 is 13.1. The van der Waals surface area contributed by atoms with Crippen molar-refractivity contribution in [1.82, 2.24) is 24.7 Å². The molecular formula is C22H23N7O2S.